The third kappa shape index (κ3) is 3.96. The van der Waals surface area contributed by atoms with Crippen molar-refractivity contribution in [1.29, 1.82) is 0 Å². The molecule has 0 aromatic rings. The molecule has 5 heteroatoms. The molecule has 120 valence electrons. The maximum atomic E-state index is 12.1. The average Bonchev–Trinajstić information content (AvgIpc) is 2.56. The summed E-state index contributed by atoms with van der Waals surface area (Å²) in [6, 6.07) is 0.700. The second-order valence-corrected chi connectivity index (χ2v) is 6.51. The number of hydrogen-bond donors (Lipinski definition) is 0. The van der Waals surface area contributed by atoms with E-state index < -0.39 is 0 Å². The number of ether oxygens (including phenoxy) is 2. The van der Waals surface area contributed by atoms with Gasteiger partial charge in [0.25, 0.3) is 0 Å². The first-order valence-corrected chi connectivity index (χ1v) is 8.52. The Morgan fingerprint density at radius 3 is 2.71 bits per heavy atom. The topological polar surface area (TPSA) is 42.0 Å². The Balaban J connectivity index is 1.40. The van der Waals surface area contributed by atoms with E-state index in [2.05, 4.69) is 4.90 Å². The van der Waals surface area contributed by atoms with Gasteiger partial charge in [-0.15, -0.1) is 0 Å². The second-order valence-electron chi connectivity index (χ2n) is 6.51. The molecule has 0 spiro atoms. The van der Waals surface area contributed by atoms with Crippen molar-refractivity contribution >= 4 is 5.91 Å². The van der Waals surface area contributed by atoms with E-state index in [4.69, 9.17) is 9.47 Å². The van der Waals surface area contributed by atoms with E-state index in [1.54, 1.807) is 0 Å². The van der Waals surface area contributed by atoms with E-state index in [0.29, 0.717) is 38.3 Å². The van der Waals surface area contributed by atoms with Crippen molar-refractivity contribution in [2.24, 2.45) is 5.92 Å². The van der Waals surface area contributed by atoms with Crippen molar-refractivity contribution in [3.8, 4) is 0 Å². The van der Waals surface area contributed by atoms with E-state index in [0.717, 1.165) is 6.61 Å². The van der Waals surface area contributed by atoms with E-state index >= 15 is 0 Å². The largest absolute Gasteiger partial charge is 0.378 e. The quantitative estimate of drug-likeness (QED) is 0.780. The van der Waals surface area contributed by atoms with Crippen LogP contribution in [0.2, 0.25) is 0 Å². The molecule has 3 fully saturated rings. The number of fused-ring (bicyclic) bond motifs is 1. The summed E-state index contributed by atoms with van der Waals surface area (Å²) in [6.45, 7) is 6.24. The van der Waals surface area contributed by atoms with Crippen molar-refractivity contribution in [1.82, 2.24) is 9.80 Å². The summed E-state index contributed by atoms with van der Waals surface area (Å²) in [5.41, 5.74) is 0. The monoisotopic (exact) mass is 296 g/mol. The summed E-state index contributed by atoms with van der Waals surface area (Å²) in [5, 5.41) is 0. The van der Waals surface area contributed by atoms with Gasteiger partial charge >= 0.3 is 0 Å². The molecule has 3 heterocycles. The molecular weight excluding hydrogens is 268 g/mol. The Labute approximate surface area is 127 Å². The van der Waals surface area contributed by atoms with Crippen LogP contribution in [0.4, 0.5) is 0 Å². The van der Waals surface area contributed by atoms with Crippen LogP contribution in [0.15, 0.2) is 0 Å². The molecular formula is C16H28N2O3. The van der Waals surface area contributed by atoms with Gasteiger partial charge in [-0.05, 0) is 44.7 Å². The smallest absolute Gasteiger partial charge is 0.248 e. The molecule has 0 saturated carbocycles. The van der Waals surface area contributed by atoms with Gasteiger partial charge in [0.15, 0.2) is 0 Å². The van der Waals surface area contributed by atoms with Crippen molar-refractivity contribution < 1.29 is 14.3 Å². The first-order chi connectivity index (χ1) is 10.3. The minimum Gasteiger partial charge on any atom is -0.378 e. The first-order valence-electron chi connectivity index (χ1n) is 8.52. The van der Waals surface area contributed by atoms with Crippen LogP contribution in [0, 0.1) is 5.92 Å². The van der Waals surface area contributed by atoms with Gasteiger partial charge in [-0.1, -0.05) is 6.42 Å². The van der Waals surface area contributed by atoms with Gasteiger partial charge in [0, 0.05) is 19.1 Å². The SMILES string of the molecule is O=C(COC[C@@H]1CCCN2CCCC[C@H]12)N1CCOCC1. The zero-order valence-corrected chi connectivity index (χ0v) is 13.0. The van der Waals surface area contributed by atoms with Gasteiger partial charge in [-0.3, -0.25) is 4.79 Å². The maximum absolute atomic E-state index is 12.1. The van der Waals surface area contributed by atoms with Crippen LogP contribution < -0.4 is 0 Å². The molecule has 0 bridgehead atoms. The number of carbonyl (C=O) groups is 1. The average molecular weight is 296 g/mol. The number of nitrogens with zero attached hydrogens (tertiary/aromatic N) is 2. The number of amides is 1. The van der Waals surface area contributed by atoms with E-state index in [9.17, 15) is 4.79 Å². The highest BCUT2D eigenvalue weighted by Gasteiger charge is 2.33. The predicted molar refractivity (Wildman–Crippen MR) is 80.2 cm³/mol. The third-order valence-electron chi connectivity index (χ3n) is 5.15. The van der Waals surface area contributed by atoms with Gasteiger partial charge < -0.3 is 19.3 Å². The van der Waals surface area contributed by atoms with Gasteiger partial charge in [0.2, 0.25) is 5.91 Å². The van der Waals surface area contributed by atoms with Crippen LogP contribution in [0.1, 0.15) is 32.1 Å². The standard InChI is InChI=1S/C16H28N2O3/c19-16(18-8-10-20-11-9-18)13-21-12-14-4-3-7-17-6-2-1-5-15(14)17/h14-15H,1-13H2/t14-,15+/m0/s1. The number of hydrogen-bond acceptors (Lipinski definition) is 4. The van der Waals surface area contributed by atoms with E-state index in [-0.39, 0.29) is 12.5 Å². The molecule has 1 amide bonds. The normalized spacial score (nSPS) is 31.0. The molecule has 3 rings (SSSR count). The van der Waals surface area contributed by atoms with Gasteiger partial charge in [-0.2, -0.15) is 0 Å². The molecule has 3 aliphatic rings. The van der Waals surface area contributed by atoms with Crippen LogP contribution in [0.25, 0.3) is 0 Å². The fraction of sp³-hybridized carbons (Fsp3) is 0.938. The minimum atomic E-state index is 0.120. The van der Waals surface area contributed by atoms with Gasteiger partial charge in [0.1, 0.15) is 6.61 Å². The molecule has 3 aliphatic heterocycles. The molecule has 0 unspecified atom stereocenters. The highest BCUT2D eigenvalue weighted by atomic mass is 16.5. The summed E-state index contributed by atoms with van der Waals surface area (Å²) in [7, 11) is 0. The summed E-state index contributed by atoms with van der Waals surface area (Å²) in [6.07, 6.45) is 6.55. The molecule has 0 aromatic carbocycles. The first kappa shape index (κ1) is 15.3. The maximum Gasteiger partial charge on any atom is 0.248 e. The van der Waals surface area contributed by atoms with E-state index in [1.807, 2.05) is 4.90 Å². The number of piperidine rings is 2. The fourth-order valence-corrected chi connectivity index (χ4v) is 3.97. The van der Waals surface area contributed by atoms with Crippen LogP contribution >= 0.6 is 0 Å². The van der Waals surface area contributed by atoms with Crippen molar-refractivity contribution in [2.45, 2.75) is 38.1 Å². The Morgan fingerprint density at radius 1 is 1.05 bits per heavy atom. The van der Waals surface area contributed by atoms with Crippen molar-refractivity contribution in [3.05, 3.63) is 0 Å². The van der Waals surface area contributed by atoms with Crippen LogP contribution in [-0.2, 0) is 14.3 Å². The second kappa shape index (κ2) is 7.56. The lowest BCUT2D eigenvalue weighted by Crippen LogP contribution is -2.49. The molecule has 0 radical (unpaired) electrons. The van der Waals surface area contributed by atoms with Gasteiger partial charge in [0.05, 0.1) is 19.8 Å². The van der Waals surface area contributed by atoms with Crippen molar-refractivity contribution in [3.63, 3.8) is 0 Å². The molecule has 3 saturated heterocycles. The number of morpholine rings is 1. The summed E-state index contributed by atoms with van der Waals surface area (Å²) in [4.78, 5) is 16.6. The lowest BCUT2D eigenvalue weighted by atomic mass is 9.84. The van der Waals surface area contributed by atoms with Crippen LogP contribution in [0.3, 0.4) is 0 Å². The Morgan fingerprint density at radius 2 is 1.86 bits per heavy atom. The molecule has 5 nitrogen and oxygen atoms in total. The van der Waals surface area contributed by atoms with Crippen LogP contribution in [-0.4, -0.2) is 74.4 Å². The zero-order chi connectivity index (χ0) is 14.5. The molecule has 0 N–H and O–H groups in total. The lowest BCUT2D eigenvalue weighted by Gasteiger charge is -2.44. The summed E-state index contributed by atoms with van der Waals surface area (Å²) < 4.78 is 11.0. The minimum absolute atomic E-state index is 0.120. The Hall–Kier alpha value is -0.650. The van der Waals surface area contributed by atoms with Crippen LogP contribution in [0.5, 0.6) is 0 Å². The Bertz CT molecular complexity index is 342. The lowest BCUT2D eigenvalue weighted by molar-refractivity contribution is -0.141. The predicted octanol–water partition coefficient (Wildman–Crippen LogP) is 1.13. The summed E-state index contributed by atoms with van der Waals surface area (Å²) in [5.74, 6) is 0.742. The Kier molecular flexibility index (Phi) is 5.49. The number of carbonyl (C=O) groups excluding carboxylic acids is 1. The molecule has 0 aliphatic carbocycles. The molecule has 0 aromatic heterocycles. The highest BCUT2D eigenvalue weighted by Crippen LogP contribution is 2.30. The molecule has 2 atom stereocenters. The zero-order valence-electron chi connectivity index (χ0n) is 13.0. The van der Waals surface area contributed by atoms with Crippen molar-refractivity contribution in [2.75, 3.05) is 52.6 Å². The fourth-order valence-electron chi connectivity index (χ4n) is 3.97. The third-order valence-corrected chi connectivity index (χ3v) is 5.15. The summed E-state index contributed by atoms with van der Waals surface area (Å²) >= 11 is 0. The molecule has 21 heavy (non-hydrogen) atoms. The van der Waals surface area contributed by atoms with E-state index in [1.165, 1.54) is 45.2 Å². The highest BCUT2D eigenvalue weighted by molar-refractivity contribution is 5.77. The number of rotatable bonds is 4. The van der Waals surface area contributed by atoms with Gasteiger partial charge in [-0.25, -0.2) is 0 Å².